The fraction of sp³-hybridized carbons (Fsp3) is 0.385. The predicted octanol–water partition coefficient (Wildman–Crippen LogP) is 1.61. The molecule has 0 atom stereocenters. The van der Waals surface area contributed by atoms with Gasteiger partial charge in [0.15, 0.2) is 11.6 Å². The van der Waals surface area contributed by atoms with E-state index in [0.717, 1.165) is 12.1 Å². The summed E-state index contributed by atoms with van der Waals surface area (Å²) >= 11 is 0. The van der Waals surface area contributed by atoms with Crippen molar-refractivity contribution in [1.82, 2.24) is 5.32 Å². The van der Waals surface area contributed by atoms with Crippen LogP contribution in [0.25, 0.3) is 0 Å². The largest absolute Gasteiger partial charge is 0.310 e. The van der Waals surface area contributed by atoms with E-state index in [0.29, 0.717) is 18.5 Å². The minimum Gasteiger partial charge on any atom is -0.310 e. The third kappa shape index (κ3) is 3.95. The second-order valence-corrected chi connectivity index (χ2v) is 3.75. The maximum absolute atomic E-state index is 11.5. The Kier molecular flexibility index (Phi) is 4.86. The molecular formula is C13H17NO2. The topological polar surface area (TPSA) is 46.2 Å². The van der Waals surface area contributed by atoms with Crippen molar-refractivity contribution in [3.63, 3.8) is 0 Å². The molecule has 0 aliphatic heterocycles. The van der Waals surface area contributed by atoms with Crippen LogP contribution in [0.3, 0.4) is 0 Å². The Bertz CT molecular complexity index is 368. The summed E-state index contributed by atoms with van der Waals surface area (Å²) < 4.78 is 0. The molecule has 0 amide bonds. The molecule has 0 aromatic heterocycles. The molecule has 3 nitrogen and oxygen atoms in total. The molecule has 0 saturated carbocycles. The van der Waals surface area contributed by atoms with E-state index in [1.54, 1.807) is 12.1 Å². The second-order valence-electron chi connectivity index (χ2n) is 3.75. The normalized spacial score (nSPS) is 10.1. The molecule has 0 saturated heterocycles. The molecule has 0 fully saturated rings. The lowest BCUT2D eigenvalue weighted by Gasteiger charge is -2.02. The summed E-state index contributed by atoms with van der Waals surface area (Å²) in [5.74, 6) is 0.211. The highest BCUT2D eigenvalue weighted by atomic mass is 16.1. The van der Waals surface area contributed by atoms with Crippen LogP contribution in [0, 0.1) is 0 Å². The van der Waals surface area contributed by atoms with Crippen molar-refractivity contribution in [2.45, 2.75) is 20.3 Å². The van der Waals surface area contributed by atoms with Crippen molar-refractivity contribution in [3.05, 3.63) is 35.4 Å². The smallest absolute Gasteiger partial charge is 0.159 e. The van der Waals surface area contributed by atoms with Gasteiger partial charge in [-0.25, -0.2) is 0 Å². The summed E-state index contributed by atoms with van der Waals surface area (Å²) in [6.07, 6.45) is 0.422. The number of hydrogen-bond donors (Lipinski definition) is 1. The molecule has 86 valence electrons. The van der Waals surface area contributed by atoms with E-state index in [4.69, 9.17) is 0 Å². The molecule has 0 spiro atoms. The molecule has 16 heavy (non-hydrogen) atoms. The zero-order valence-electron chi connectivity index (χ0n) is 9.75. The van der Waals surface area contributed by atoms with Crippen molar-refractivity contribution in [2.75, 3.05) is 13.1 Å². The number of carbonyl (C=O) groups excluding carboxylic acids is 2. The Hall–Kier alpha value is -1.48. The zero-order valence-corrected chi connectivity index (χ0v) is 9.75. The number of rotatable bonds is 6. The molecule has 1 N–H and O–H groups in total. The summed E-state index contributed by atoms with van der Waals surface area (Å²) in [6, 6.07) is 7.19. The molecule has 0 aliphatic rings. The minimum absolute atomic E-state index is 0.0468. The van der Waals surface area contributed by atoms with Crippen LogP contribution in [0.5, 0.6) is 0 Å². The number of carbonyl (C=O) groups is 2. The fourth-order valence-corrected chi connectivity index (χ4v) is 1.41. The summed E-state index contributed by atoms with van der Waals surface area (Å²) in [5, 5.41) is 2.99. The van der Waals surface area contributed by atoms with Gasteiger partial charge in [0.1, 0.15) is 0 Å². The number of ketones is 2. The van der Waals surface area contributed by atoms with Crippen molar-refractivity contribution < 1.29 is 9.59 Å². The van der Waals surface area contributed by atoms with Crippen LogP contribution in [0.1, 0.15) is 29.8 Å². The first-order valence-electron chi connectivity index (χ1n) is 5.45. The lowest BCUT2D eigenvalue weighted by Crippen LogP contribution is -2.23. The van der Waals surface area contributed by atoms with E-state index in [9.17, 15) is 9.59 Å². The Morgan fingerprint density at radius 3 is 2.31 bits per heavy atom. The Labute approximate surface area is 95.9 Å². The first kappa shape index (κ1) is 12.6. The summed E-state index contributed by atoms with van der Waals surface area (Å²) in [4.78, 5) is 22.5. The van der Waals surface area contributed by atoms with Gasteiger partial charge in [0.2, 0.25) is 0 Å². The highest BCUT2D eigenvalue weighted by Crippen LogP contribution is 2.06. The fourth-order valence-electron chi connectivity index (χ4n) is 1.41. The molecule has 1 aromatic carbocycles. The SMILES string of the molecule is CCNCC(=O)Cc1ccc(C(C)=O)cc1. The highest BCUT2D eigenvalue weighted by Gasteiger charge is 2.04. The Morgan fingerprint density at radius 1 is 1.19 bits per heavy atom. The first-order valence-corrected chi connectivity index (χ1v) is 5.45. The van der Waals surface area contributed by atoms with Gasteiger partial charge in [-0.3, -0.25) is 9.59 Å². The van der Waals surface area contributed by atoms with Gasteiger partial charge in [0.05, 0.1) is 6.54 Å². The standard InChI is InChI=1S/C13H17NO2/c1-3-14-9-13(16)8-11-4-6-12(7-5-11)10(2)15/h4-7,14H,3,8-9H2,1-2H3. The number of benzene rings is 1. The van der Waals surface area contributed by atoms with Gasteiger partial charge >= 0.3 is 0 Å². The molecule has 0 unspecified atom stereocenters. The Balaban J connectivity index is 2.55. The van der Waals surface area contributed by atoms with Crippen LogP contribution >= 0.6 is 0 Å². The third-order valence-electron chi connectivity index (χ3n) is 2.33. The lowest BCUT2D eigenvalue weighted by molar-refractivity contribution is -0.117. The monoisotopic (exact) mass is 219 g/mol. The lowest BCUT2D eigenvalue weighted by atomic mass is 10.1. The number of nitrogens with one attached hydrogen (secondary N) is 1. The zero-order chi connectivity index (χ0) is 12.0. The van der Waals surface area contributed by atoms with Crippen LogP contribution < -0.4 is 5.32 Å². The first-order chi connectivity index (χ1) is 7.63. The molecule has 1 aromatic rings. The van der Waals surface area contributed by atoms with Crippen molar-refractivity contribution in [2.24, 2.45) is 0 Å². The van der Waals surface area contributed by atoms with Gasteiger partial charge < -0.3 is 5.32 Å². The van der Waals surface area contributed by atoms with Crippen LogP contribution in [-0.2, 0) is 11.2 Å². The van der Waals surface area contributed by atoms with Crippen molar-refractivity contribution in [1.29, 1.82) is 0 Å². The Morgan fingerprint density at radius 2 is 1.81 bits per heavy atom. The number of likely N-dealkylation sites (N-methyl/N-ethyl adjacent to an activating group) is 1. The third-order valence-corrected chi connectivity index (χ3v) is 2.33. The van der Waals surface area contributed by atoms with Crippen LogP contribution in [0.15, 0.2) is 24.3 Å². The van der Waals surface area contributed by atoms with Crippen LogP contribution in [0.2, 0.25) is 0 Å². The summed E-state index contributed by atoms with van der Waals surface area (Å²) in [6.45, 7) is 4.71. The highest BCUT2D eigenvalue weighted by molar-refractivity contribution is 5.94. The molecule has 0 bridgehead atoms. The molecule has 0 aliphatic carbocycles. The van der Waals surface area contributed by atoms with E-state index >= 15 is 0 Å². The van der Waals surface area contributed by atoms with Crippen molar-refractivity contribution in [3.8, 4) is 0 Å². The van der Waals surface area contributed by atoms with Gasteiger partial charge in [-0.15, -0.1) is 0 Å². The average Bonchev–Trinajstić information content (AvgIpc) is 2.27. The summed E-state index contributed by atoms with van der Waals surface area (Å²) in [7, 11) is 0. The van der Waals surface area contributed by atoms with E-state index < -0.39 is 0 Å². The number of Topliss-reactive ketones (excluding diaryl/α,β-unsaturated/α-hetero) is 2. The molecule has 0 heterocycles. The molecule has 3 heteroatoms. The summed E-state index contributed by atoms with van der Waals surface area (Å²) in [5.41, 5.74) is 1.63. The quantitative estimate of drug-likeness (QED) is 0.739. The van der Waals surface area contributed by atoms with Crippen molar-refractivity contribution >= 4 is 11.6 Å². The van der Waals surface area contributed by atoms with Gasteiger partial charge in [-0.05, 0) is 19.0 Å². The second kappa shape index (κ2) is 6.18. The van der Waals surface area contributed by atoms with Gasteiger partial charge in [-0.1, -0.05) is 31.2 Å². The maximum Gasteiger partial charge on any atom is 0.159 e. The van der Waals surface area contributed by atoms with Crippen LogP contribution in [-0.4, -0.2) is 24.7 Å². The number of hydrogen-bond acceptors (Lipinski definition) is 3. The van der Waals surface area contributed by atoms with E-state index in [2.05, 4.69) is 5.32 Å². The molecule has 1 rings (SSSR count). The van der Waals surface area contributed by atoms with Crippen LogP contribution in [0.4, 0.5) is 0 Å². The molecular weight excluding hydrogens is 202 g/mol. The van der Waals surface area contributed by atoms with E-state index in [-0.39, 0.29) is 11.6 Å². The van der Waals surface area contributed by atoms with Gasteiger partial charge in [0.25, 0.3) is 0 Å². The van der Waals surface area contributed by atoms with Gasteiger partial charge in [0, 0.05) is 12.0 Å². The average molecular weight is 219 g/mol. The van der Waals surface area contributed by atoms with E-state index in [1.165, 1.54) is 6.92 Å². The minimum atomic E-state index is 0.0468. The van der Waals surface area contributed by atoms with E-state index in [1.807, 2.05) is 19.1 Å². The van der Waals surface area contributed by atoms with Gasteiger partial charge in [-0.2, -0.15) is 0 Å². The predicted molar refractivity (Wildman–Crippen MR) is 63.7 cm³/mol. The maximum atomic E-state index is 11.5. The molecule has 0 radical (unpaired) electrons.